The molecule has 0 saturated carbocycles. The molecule has 3 rings (SSSR count). The number of hydrogen-bond acceptors (Lipinski definition) is 6. The quantitative estimate of drug-likeness (QED) is 0.861. The van der Waals surface area contributed by atoms with Crippen LogP contribution in [0.5, 0.6) is 0 Å². The van der Waals surface area contributed by atoms with Crippen LogP contribution in [0.1, 0.15) is 22.5 Å². The molecule has 0 aromatic carbocycles. The second-order valence-electron chi connectivity index (χ2n) is 5.84. The number of hydrogen-bond donors (Lipinski definition) is 1. The lowest BCUT2D eigenvalue weighted by Gasteiger charge is -2.35. The lowest BCUT2D eigenvalue weighted by Crippen LogP contribution is -2.49. The van der Waals surface area contributed by atoms with E-state index in [1.54, 1.807) is 35.4 Å². The number of carbonyl (C=O) groups is 2. The standard InChI is InChI=1S/C18H19N5O3/c19-13-14-3-1-6-20-17(14)23-10-8-22(9-11-23)16(24)5-7-21-18(25)15-4-2-12-26-15/h1-4,6,12H,5,7-11H2,(H,21,25). The van der Waals surface area contributed by atoms with Gasteiger partial charge in [-0.2, -0.15) is 5.26 Å². The van der Waals surface area contributed by atoms with Crippen molar-refractivity contribution < 1.29 is 14.0 Å². The molecule has 1 aliphatic rings. The van der Waals surface area contributed by atoms with E-state index in [0.29, 0.717) is 37.6 Å². The molecule has 0 atom stereocenters. The highest BCUT2D eigenvalue weighted by molar-refractivity contribution is 5.91. The fourth-order valence-electron chi connectivity index (χ4n) is 2.84. The Hall–Kier alpha value is -3.34. The van der Waals surface area contributed by atoms with Crippen molar-refractivity contribution in [1.29, 1.82) is 5.26 Å². The molecule has 1 N–H and O–H groups in total. The van der Waals surface area contributed by atoms with Crippen molar-refractivity contribution in [2.24, 2.45) is 0 Å². The Labute approximate surface area is 151 Å². The summed E-state index contributed by atoms with van der Waals surface area (Å²) < 4.78 is 5.00. The number of aromatic nitrogens is 1. The van der Waals surface area contributed by atoms with E-state index in [1.165, 1.54) is 6.26 Å². The Kier molecular flexibility index (Phi) is 5.49. The Morgan fingerprint density at radius 1 is 1.23 bits per heavy atom. The van der Waals surface area contributed by atoms with Crippen LogP contribution >= 0.6 is 0 Å². The van der Waals surface area contributed by atoms with Gasteiger partial charge < -0.3 is 19.5 Å². The van der Waals surface area contributed by atoms with Crippen LogP contribution in [-0.4, -0.2) is 54.4 Å². The maximum absolute atomic E-state index is 12.3. The van der Waals surface area contributed by atoms with Crippen LogP contribution in [0.25, 0.3) is 0 Å². The minimum Gasteiger partial charge on any atom is -0.459 e. The molecule has 0 unspecified atom stereocenters. The lowest BCUT2D eigenvalue weighted by atomic mass is 10.2. The van der Waals surface area contributed by atoms with Gasteiger partial charge in [-0.25, -0.2) is 4.98 Å². The van der Waals surface area contributed by atoms with Gasteiger partial charge >= 0.3 is 0 Å². The van der Waals surface area contributed by atoms with Gasteiger partial charge in [-0.05, 0) is 24.3 Å². The van der Waals surface area contributed by atoms with Crippen LogP contribution in [-0.2, 0) is 4.79 Å². The second kappa shape index (κ2) is 8.16. The summed E-state index contributed by atoms with van der Waals surface area (Å²) in [7, 11) is 0. The zero-order chi connectivity index (χ0) is 18.4. The average molecular weight is 353 g/mol. The predicted molar refractivity (Wildman–Crippen MR) is 93.4 cm³/mol. The molecular formula is C18H19N5O3. The third-order valence-corrected chi connectivity index (χ3v) is 4.21. The van der Waals surface area contributed by atoms with Crippen molar-refractivity contribution in [3.63, 3.8) is 0 Å². The maximum atomic E-state index is 12.3. The lowest BCUT2D eigenvalue weighted by molar-refractivity contribution is -0.131. The number of nitrogens with zero attached hydrogens (tertiary/aromatic N) is 4. The zero-order valence-electron chi connectivity index (χ0n) is 14.2. The SMILES string of the molecule is N#Cc1cccnc1N1CCN(C(=O)CCNC(=O)c2ccco2)CC1. The number of rotatable bonds is 5. The number of amides is 2. The smallest absolute Gasteiger partial charge is 0.286 e. The van der Waals surface area contributed by atoms with Crippen molar-refractivity contribution in [2.45, 2.75) is 6.42 Å². The minimum atomic E-state index is -0.327. The van der Waals surface area contributed by atoms with Gasteiger partial charge in [0.1, 0.15) is 11.9 Å². The first-order valence-electron chi connectivity index (χ1n) is 8.38. The molecule has 2 aromatic heterocycles. The number of nitrogens with one attached hydrogen (secondary N) is 1. The Morgan fingerprint density at radius 3 is 2.73 bits per heavy atom. The van der Waals surface area contributed by atoms with Gasteiger partial charge in [0, 0.05) is 45.3 Å². The molecule has 0 bridgehead atoms. The van der Waals surface area contributed by atoms with Crippen LogP contribution in [0.15, 0.2) is 41.1 Å². The number of piperazine rings is 1. The summed E-state index contributed by atoms with van der Waals surface area (Å²) in [5, 5.41) is 11.8. The summed E-state index contributed by atoms with van der Waals surface area (Å²) in [6.07, 6.45) is 3.33. The maximum Gasteiger partial charge on any atom is 0.286 e. The third kappa shape index (κ3) is 4.00. The summed E-state index contributed by atoms with van der Waals surface area (Å²) in [6, 6.07) is 8.83. The number of carbonyl (C=O) groups excluding carboxylic acids is 2. The highest BCUT2D eigenvalue weighted by Gasteiger charge is 2.23. The molecule has 1 aliphatic heterocycles. The molecule has 0 aliphatic carbocycles. The predicted octanol–water partition coefficient (Wildman–Crippen LogP) is 1.01. The molecule has 0 radical (unpaired) electrons. The first-order chi connectivity index (χ1) is 12.7. The van der Waals surface area contributed by atoms with E-state index in [4.69, 9.17) is 4.42 Å². The van der Waals surface area contributed by atoms with E-state index < -0.39 is 0 Å². The van der Waals surface area contributed by atoms with Gasteiger partial charge in [-0.15, -0.1) is 0 Å². The Morgan fingerprint density at radius 2 is 2.04 bits per heavy atom. The number of pyridine rings is 1. The second-order valence-corrected chi connectivity index (χ2v) is 5.84. The van der Waals surface area contributed by atoms with Crippen LogP contribution in [0.2, 0.25) is 0 Å². The topological polar surface area (TPSA) is 102 Å². The van der Waals surface area contributed by atoms with E-state index in [9.17, 15) is 14.9 Å². The Balaban J connectivity index is 1.45. The van der Waals surface area contributed by atoms with Crippen LogP contribution < -0.4 is 10.2 Å². The molecule has 26 heavy (non-hydrogen) atoms. The first-order valence-corrected chi connectivity index (χ1v) is 8.38. The summed E-state index contributed by atoms with van der Waals surface area (Å²) >= 11 is 0. The number of anilines is 1. The van der Waals surface area contributed by atoms with E-state index in [0.717, 1.165) is 0 Å². The van der Waals surface area contributed by atoms with Gasteiger partial charge in [0.05, 0.1) is 11.8 Å². The molecule has 1 fully saturated rings. The number of nitriles is 1. The van der Waals surface area contributed by atoms with E-state index in [1.807, 2.05) is 4.90 Å². The van der Waals surface area contributed by atoms with Gasteiger partial charge in [0.15, 0.2) is 5.76 Å². The molecule has 8 heteroatoms. The summed E-state index contributed by atoms with van der Waals surface area (Å²) in [5.74, 6) is 0.556. The Bertz CT molecular complexity index is 804. The molecule has 8 nitrogen and oxygen atoms in total. The van der Waals surface area contributed by atoms with Gasteiger partial charge in [-0.1, -0.05) is 0 Å². The third-order valence-electron chi connectivity index (χ3n) is 4.21. The molecule has 0 spiro atoms. The van der Waals surface area contributed by atoms with Crippen LogP contribution in [0.3, 0.4) is 0 Å². The minimum absolute atomic E-state index is 0.00841. The highest BCUT2D eigenvalue weighted by atomic mass is 16.3. The molecule has 134 valence electrons. The molecule has 3 heterocycles. The fraction of sp³-hybridized carbons (Fsp3) is 0.333. The van der Waals surface area contributed by atoms with Crippen LogP contribution in [0, 0.1) is 11.3 Å². The first kappa shape index (κ1) is 17.5. The van der Waals surface area contributed by atoms with E-state index in [-0.39, 0.29) is 30.5 Å². The molecule has 2 aromatic rings. The normalized spacial score (nSPS) is 14.0. The largest absolute Gasteiger partial charge is 0.459 e. The average Bonchev–Trinajstić information content (AvgIpc) is 3.23. The monoisotopic (exact) mass is 353 g/mol. The summed E-state index contributed by atoms with van der Waals surface area (Å²) in [5.41, 5.74) is 0.535. The van der Waals surface area contributed by atoms with Crippen molar-refractivity contribution in [3.8, 4) is 6.07 Å². The fourth-order valence-corrected chi connectivity index (χ4v) is 2.84. The van der Waals surface area contributed by atoms with Crippen LogP contribution in [0.4, 0.5) is 5.82 Å². The summed E-state index contributed by atoms with van der Waals surface area (Å²) in [6.45, 7) is 2.63. The van der Waals surface area contributed by atoms with Gasteiger partial charge in [0.2, 0.25) is 5.91 Å². The van der Waals surface area contributed by atoms with E-state index in [2.05, 4.69) is 16.4 Å². The van der Waals surface area contributed by atoms with Gasteiger partial charge in [0.25, 0.3) is 5.91 Å². The van der Waals surface area contributed by atoms with E-state index >= 15 is 0 Å². The zero-order valence-corrected chi connectivity index (χ0v) is 14.2. The van der Waals surface area contributed by atoms with Crippen molar-refractivity contribution >= 4 is 17.6 Å². The molecular weight excluding hydrogens is 334 g/mol. The highest BCUT2D eigenvalue weighted by Crippen LogP contribution is 2.18. The van der Waals surface area contributed by atoms with Gasteiger partial charge in [-0.3, -0.25) is 9.59 Å². The van der Waals surface area contributed by atoms with Crippen molar-refractivity contribution in [2.75, 3.05) is 37.6 Å². The van der Waals surface area contributed by atoms with Crippen molar-refractivity contribution in [3.05, 3.63) is 48.0 Å². The van der Waals surface area contributed by atoms with Crippen molar-refractivity contribution in [1.82, 2.24) is 15.2 Å². The summed E-state index contributed by atoms with van der Waals surface area (Å²) in [4.78, 5) is 32.1. The molecule has 1 saturated heterocycles. The molecule has 2 amide bonds. The number of furan rings is 1.